The summed E-state index contributed by atoms with van der Waals surface area (Å²) in [7, 11) is 0. The molecule has 3 amide bonds. The van der Waals surface area contributed by atoms with Gasteiger partial charge in [0, 0.05) is 17.0 Å². The zero-order valence-electron chi connectivity index (χ0n) is 17.2. The number of thiazole rings is 1. The molecule has 31 heavy (non-hydrogen) atoms. The van der Waals surface area contributed by atoms with Crippen LogP contribution in [0.3, 0.4) is 0 Å². The van der Waals surface area contributed by atoms with E-state index in [0.717, 1.165) is 26.0 Å². The number of rotatable bonds is 8. The standard InChI is InChI=1S/C22H23N3O4S2/c1-14(2)12-23-22(28)24-18(26)13-29-19(27)11-17-20(16-9-6-10-30-16)25-21(31-17)15-7-4-3-5-8-15/h3-10,14H,11-13H2,1-2H3,(H2,23,24,26,28). The van der Waals surface area contributed by atoms with Gasteiger partial charge < -0.3 is 10.1 Å². The van der Waals surface area contributed by atoms with Gasteiger partial charge in [-0.25, -0.2) is 9.78 Å². The van der Waals surface area contributed by atoms with Gasteiger partial charge in [-0.05, 0) is 17.4 Å². The highest BCUT2D eigenvalue weighted by Gasteiger charge is 2.19. The Bertz CT molecular complexity index is 1030. The van der Waals surface area contributed by atoms with Crippen molar-refractivity contribution in [3.8, 4) is 21.1 Å². The van der Waals surface area contributed by atoms with E-state index in [1.54, 1.807) is 11.3 Å². The van der Waals surface area contributed by atoms with Crippen LogP contribution >= 0.6 is 22.7 Å². The van der Waals surface area contributed by atoms with Crippen molar-refractivity contribution in [3.05, 3.63) is 52.7 Å². The van der Waals surface area contributed by atoms with E-state index >= 15 is 0 Å². The van der Waals surface area contributed by atoms with Crippen LogP contribution in [-0.2, 0) is 20.7 Å². The van der Waals surface area contributed by atoms with Gasteiger partial charge in [0.25, 0.3) is 5.91 Å². The first-order valence-electron chi connectivity index (χ1n) is 9.74. The Labute approximate surface area is 188 Å². The van der Waals surface area contributed by atoms with Crippen LogP contribution < -0.4 is 10.6 Å². The van der Waals surface area contributed by atoms with Crippen molar-refractivity contribution in [2.24, 2.45) is 5.92 Å². The van der Waals surface area contributed by atoms with Crippen LogP contribution in [0.2, 0.25) is 0 Å². The van der Waals surface area contributed by atoms with Gasteiger partial charge in [0.15, 0.2) is 6.61 Å². The van der Waals surface area contributed by atoms with E-state index in [9.17, 15) is 14.4 Å². The summed E-state index contributed by atoms with van der Waals surface area (Å²) in [4.78, 5) is 42.3. The molecule has 3 aromatic rings. The summed E-state index contributed by atoms with van der Waals surface area (Å²) in [5.74, 6) is -0.974. The fourth-order valence-corrected chi connectivity index (χ4v) is 4.49. The zero-order chi connectivity index (χ0) is 22.2. The first kappa shape index (κ1) is 22.6. The molecule has 2 N–H and O–H groups in total. The second kappa shape index (κ2) is 10.8. The van der Waals surface area contributed by atoms with Gasteiger partial charge in [0.2, 0.25) is 0 Å². The molecule has 1 aromatic carbocycles. The number of carbonyl (C=O) groups is 3. The molecule has 0 radical (unpaired) electrons. The second-order valence-corrected chi connectivity index (χ2v) is 9.15. The lowest BCUT2D eigenvalue weighted by molar-refractivity contribution is -0.147. The minimum atomic E-state index is -0.678. The minimum absolute atomic E-state index is 0.00937. The molecule has 162 valence electrons. The fourth-order valence-electron chi connectivity index (χ4n) is 2.61. The third-order valence-corrected chi connectivity index (χ3v) is 6.05. The summed E-state index contributed by atoms with van der Waals surface area (Å²) in [6.45, 7) is 3.81. The molecule has 9 heteroatoms. The van der Waals surface area contributed by atoms with Crippen molar-refractivity contribution in [2.75, 3.05) is 13.2 Å². The van der Waals surface area contributed by atoms with Gasteiger partial charge in [-0.1, -0.05) is 50.2 Å². The third kappa shape index (κ3) is 6.73. The van der Waals surface area contributed by atoms with E-state index in [2.05, 4.69) is 10.6 Å². The molecule has 2 aromatic heterocycles. The number of aromatic nitrogens is 1. The average molecular weight is 458 g/mol. The maximum atomic E-state index is 12.4. The molecule has 0 bridgehead atoms. The molecule has 0 fully saturated rings. The molecule has 2 heterocycles. The SMILES string of the molecule is CC(C)CNC(=O)NC(=O)COC(=O)Cc1sc(-c2ccccc2)nc1-c1cccs1. The van der Waals surface area contributed by atoms with E-state index < -0.39 is 24.5 Å². The molecule has 0 saturated carbocycles. The molecule has 0 unspecified atom stereocenters. The minimum Gasteiger partial charge on any atom is -0.455 e. The highest BCUT2D eigenvalue weighted by molar-refractivity contribution is 7.17. The first-order chi connectivity index (χ1) is 14.9. The predicted molar refractivity (Wildman–Crippen MR) is 122 cm³/mol. The fraction of sp³-hybridized carbons (Fsp3) is 0.273. The summed E-state index contributed by atoms with van der Waals surface area (Å²) in [6, 6.07) is 13.0. The molecule has 7 nitrogen and oxygen atoms in total. The van der Waals surface area contributed by atoms with E-state index in [4.69, 9.17) is 9.72 Å². The molecule has 0 aliphatic heterocycles. The Kier molecular flexibility index (Phi) is 7.91. The number of hydrogen-bond acceptors (Lipinski definition) is 7. The number of carbonyl (C=O) groups excluding carboxylic acids is 3. The van der Waals surface area contributed by atoms with E-state index in [1.165, 1.54) is 11.3 Å². The maximum Gasteiger partial charge on any atom is 0.321 e. The van der Waals surface area contributed by atoms with Gasteiger partial charge in [0.05, 0.1) is 17.0 Å². The number of hydrogen-bond donors (Lipinski definition) is 2. The number of thiophene rings is 1. The number of benzene rings is 1. The number of ether oxygens (including phenoxy) is 1. The van der Waals surface area contributed by atoms with E-state index in [1.807, 2.05) is 61.7 Å². The van der Waals surface area contributed by atoms with Crippen molar-refractivity contribution in [1.29, 1.82) is 0 Å². The monoisotopic (exact) mass is 457 g/mol. The largest absolute Gasteiger partial charge is 0.455 e. The van der Waals surface area contributed by atoms with Crippen LogP contribution in [0.25, 0.3) is 21.1 Å². The topological polar surface area (TPSA) is 97.4 Å². The van der Waals surface area contributed by atoms with Crippen LogP contribution in [0.4, 0.5) is 4.79 Å². The number of amides is 3. The smallest absolute Gasteiger partial charge is 0.321 e. The molecule has 0 atom stereocenters. The summed E-state index contributed by atoms with van der Waals surface area (Å²) in [5.41, 5.74) is 1.71. The molecule has 0 aliphatic carbocycles. The Morgan fingerprint density at radius 3 is 2.55 bits per heavy atom. The number of esters is 1. The van der Waals surface area contributed by atoms with Crippen LogP contribution in [0.15, 0.2) is 47.8 Å². The van der Waals surface area contributed by atoms with Gasteiger partial charge in [-0.15, -0.1) is 22.7 Å². The number of nitrogens with one attached hydrogen (secondary N) is 2. The summed E-state index contributed by atoms with van der Waals surface area (Å²) < 4.78 is 5.07. The molecule has 0 aliphatic rings. The lowest BCUT2D eigenvalue weighted by atomic mass is 10.2. The predicted octanol–water partition coefficient (Wildman–Crippen LogP) is 4.11. The van der Waals surface area contributed by atoms with E-state index in [-0.39, 0.29) is 12.3 Å². The summed E-state index contributed by atoms with van der Waals surface area (Å²) in [6.07, 6.45) is -0.00937. The lowest BCUT2D eigenvalue weighted by Crippen LogP contribution is -2.42. The van der Waals surface area contributed by atoms with Crippen molar-refractivity contribution >= 4 is 40.6 Å². The summed E-state index contributed by atoms with van der Waals surface area (Å²) >= 11 is 2.96. The van der Waals surface area contributed by atoms with Crippen molar-refractivity contribution in [1.82, 2.24) is 15.6 Å². The molecular weight excluding hydrogens is 434 g/mol. The Morgan fingerprint density at radius 1 is 1.10 bits per heavy atom. The maximum absolute atomic E-state index is 12.4. The van der Waals surface area contributed by atoms with Gasteiger partial charge >= 0.3 is 12.0 Å². The number of nitrogens with zero attached hydrogens (tertiary/aromatic N) is 1. The zero-order valence-corrected chi connectivity index (χ0v) is 18.8. The van der Waals surface area contributed by atoms with E-state index in [0.29, 0.717) is 6.54 Å². The average Bonchev–Trinajstić information content (AvgIpc) is 3.41. The van der Waals surface area contributed by atoms with Crippen molar-refractivity contribution in [2.45, 2.75) is 20.3 Å². The van der Waals surface area contributed by atoms with Crippen LogP contribution in [0.5, 0.6) is 0 Å². The van der Waals surface area contributed by atoms with Crippen LogP contribution in [0, 0.1) is 5.92 Å². The van der Waals surface area contributed by atoms with Crippen LogP contribution in [0.1, 0.15) is 18.7 Å². The Hall–Kier alpha value is -3.04. The first-order valence-corrected chi connectivity index (χ1v) is 11.4. The quantitative estimate of drug-likeness (QED) is 0.496. The molecule has 3 rings (SSSR count). The third-order valence-electron chi connectivity index (χ3n) is 4.07. The number of imide groups is 1. The highest BCUT2D eigenvalue weighted by atomic mass is 32.1. The van der Waals surface area contributed by atoms with Crippen LogP contribution in [-0.4, -0.2) is 36.0 Å². The number of urea groups is 1. The molecular formula is C22H23N3O4S2. The second-order valence-electron chi connectivity index (χ2n) is 7.12. The molecule has 0 spiro atoms. The Balaban J connectivity index is 1.62. The van der Waals surface area contributed by atoms with Gasteiger partial charge in [0.1, 0.15) is 5.01 Å². The summed E-state index contributed by atoms with van der Waals surface area (Å²) in [5, 5.41) is 7.47. The molecule has 0 saturated heterocycles. The Morgan fingerprint density at radius 2 is 1.87 bits per heavy atom. The van der Waals surface area contributed by atoms with Gasteiger partial charge in [-0.3, -0.25) is 14.9 Å². The normalized spacial score (nSPS) is 10.7. The van der Waals surface area contributed by atoms with Crippen molar-refractivity contribution in [3.63, 3.8) is 0 Å². The van der Waals surface area contributed by atoms with Crippen molar-refractivity contribution < 1.29 is 19.1 Å². The van der Waals surface area contributed by atoms with Gasteiger partial charge in [-0.2, -0.15) is 0 Å². The lowest BCUT2D eigenvalue weighted by Gasteiger charge is -2.09. The highest BCUT2D eigenvalue weighted by Crippen LogP contribution is 2.36.